The van der Waals surface area contributed by atoms with Gasteiger partial charge in [0.15, 0.2) is 9.84 Å². The zero-order valence-electron chi connectivity index (χ0n) is 10.7. The van der Waals surface area contributed by atoms with Crippen LogP contribution in [-0.4, -0.2) is 37.9 Å². The van der Waals surface area contributed by atoms with Crippen LogP contribution in [0, 0.1) is 5.92 Å². The van der Waals surface area contributed by atoms with Crippen LogP contribution in [0.1, 0.15) is 33.1 Å². The topological polar surface area (TPSA) is 89.3 Å². The van der Waals surface area contributed by atoms with E-state index in [0.717, 1.165) is 25.5 Å². The molecule has 6 heteroatoms. The summed E-state index contributed by atoms with van der Waals surface area (Å²) in [5.41, 5.74) is 5.78. The lowest BCUT2D eigenvalue weighted by molar-refractivity contribution is -0.123. The van der Waals surface area contributed by atoms with Crippen molar-refractivity contribution in [3.63, 3.8) is 0 Å². The van der Waals surface area contributed by atoms with Gasteiger partial charge in [-0.3, -0.25) is 4.79 Å². The van der Waals surface area contributed by atoms with Crippen molar-refractivity contribution in [1.29, 1.82) is 0 Å². The van der Waals surface area contributed by atoms with Crippen molar-refractivity contribution < 1.29 is 13.2 Å². The van der Waals surface area contributed by atoms with Crippen LogP contribution in [0.4, 0.5) is 0 Å². The number of sulfone groups is 1. The van der Waals surface area contributed by atoms with Gasteiger partial charge in [-0.2, -0.15) is 0 Å². The van der Waals surface area contributed by atoms with Crippen molar-refractivity contribution in [2.24, 2.45) is 11.7 Å². The molecule has 0 radical (unpaired) electrons. The van der Waals surface area contributed by atoms with Crippen molar-refractivity contribution in [2.75, 3.05) is 12.8 Å². The van der Waals surface area contributed by atoms with E-state index in [1.54, 1.807) is 0 Å². The summed E-state index contributed by atoms with van der Waals surface area (Å²) in [5, 5.41) is 2.72. The van der Waals surface area contributed by atoms with Gasteiger partial charge in [-0.1, -0.05) is 0 Å². The van der Waals surface area contributed by atoms with Crippen LogP contribution < -0.4 is 11.1 Å². The molecule has 100 valence electrons. The van der Waals surface area contributed by atoms with E-state index in [4.69, 9.17) is 5.73 Å². The lowest BCUT2D eigenvalue weighted by Gasteiger charge is -2.22. The number of amides is 1. The molecule has 3 N–H and O–H groups in total. The fourth-order valence-electron chi connectivity index (χ4n) is 1.92. The predicted molar refractivity (Wildman–Crippen MR) is 67.2 cm³/mol. The van der Waals surface area contributed by atoms with Crippen molar-refractivity contribution in [3.8, 4) is 0 Å². The first kappa shape index (κ1) is 14.4. The summed E-state index contributed by atoms with van der Waals surface area (Å²) in [6.07, 6.45) is 3.97. The van der Waals surface area contributed by atoms with E-state index in [1.807, 2.05) is 0 Å². The van der Waals surface area contributed by atoms with Crippen molar-refractivity contribution in [1.82, 2.24) is 5.32 Å². The molecule has 0 aromatic rings. The molecule has 0 aliphatic heterocycles. The minimum atomic E-state index is -3.39. The molecule has 0 aromatic heterocycles. The molecule has 5 nitrogen and oxygen atoms in total. The maximum Gasteiger partial charge on any atom is 0.240 e. The standard InChI is InChI=1S/C11H22N2O3S/c1-11(2,17(3,15)16)10(14)13-7-8-4-5-9(12)6-8/h8-9H,4-7,12H2,1-3H3,(H,13,14). The summed E-state index contributed by atoms with van der Waals surface area (Å²) >= 11 is 0. The number of rotatable bonds is 4. The minimum Gasteiger partial charge on any atom is -0.354 e. The third kappa shape index (κ3) is 3.42. The second-order valence-electron chi connectivity index (χ2n) is 5.43. The second-order valence-corrected chi connectivity index (χ2v) is 8.00. The quantitative estimate of drug-likeness (QED) is 0.749. The summed E-state index contributed by atoms with van der Waals surface area (Å²) in [5.74, 6) is -0.0511. The first-order valence-corrected chi connectivity index (χ1v) is 7.77. The fraction of sp³-hybridized carbons (Fsp3) is 0.909. The molecular weight excluding hydrogens is 240 g/mol. The molecular formula is C11H22N2O3S. The molecule has 0 aromatic carbocycles. The highest BCUT2D eigenvalue weighted by Crippen LogP contribution is 2.23. The van der Waals surface area contributed by atoms with Crippen molar-refractivity contribution in [2.45, 2.75) is 43.9 Å². The molecule has 0 saturated heterocycles. The Labute approximate surface area is 103 Å². The van der Waals surface area contributed by atoms with Gasteiger partial charge >= 0.3 is 0 Å². The normalized spacial score (nSPS) is 25.9. The third-order valence-corrected chi connectivity index (χ3v) is 5.65. The number of carbonyl (C=O) groups excluding carboxylic acids is 1. The van der Waals surface area contributed by atoms with E-state index in [1.165, 1.54) is 13.8 Å². The van der Waals surface area contributed by atoms with E-state index < -0.39 is 20.5 Å². The molecule has 0 bridgehead atoms. The van der Waals surface area contributed by atoms with Gasteiger partial charge in [-0.05, 0) is 39.0 Å². The third-order valence-electron chi connectivity index (χ3n) is 3.61. The Hall–Kier alpha value is -0.620. The minimum absolute atomic E-state index is 0.222. The molecule has 17 heavy (non-hydrogen) atoms. The van der Waals surface area contributed by atoms with Gasteiger partial charge in [0.2, 0.25) is 5.91 Å². The molecule has 1 fully saturated rings. The fourth-order valence-corrected chi connectivity index (χ4v) is 2.33. The molecule has 1 saturated carbocycles. The highest BCUT2D eigenvalue weighted by molar-refractivity contribution is 7.92. The summed E-state index contributed by atoms with van der Waals surface area (Å²) in [7, 11) is -3.39. The number of nitrogens with two attached hydrogens (primary N) is 1. The molecule has 0 heterocycles. The number of nitrogens with one attached hydrogen (secondary N) is 1. The van der Waals surface area contributed by atoms with E-state index in [2.05, 4.69) is 5.32 Å². The lowest BCUT2D eigenvalue weighted by Crippen LogP contribution is -2.48. The Morgan fingerprint density at radius 1 is 1.41 bits per heavy atom. The van der Waals surface area contributed by atoms with Gasteiger partial charge in [-0.25, -0.2) is 8.42 Å². The summed E-state index contributed by atoms with van der Waals surface area (Å²) in [6, 6.07) is 0.222. The largest absolute Gasteiger partial charge is 0.354 e. The van der Waals surface area contributed by atoms with E-state index >= 15 is 0 Å². The van der Waals surface area contributed by atoms with E-state index in [0.29, 0.717) is 12.5 Å². The Bertz CT molecular complexity index is 390. The van der Waals surface area contributed by atoms with Gasteiger partial charge in [0.25, 0.3) is 0 Å². The molecule has 0 spiro atoms. The van der Waals surface area contributed by atoms with Crippen molar-refractivity contribution >= 4 is 15.7 Å². The number of carbonyl (C=O) groups is 1. The van der Waals surface area contributed by atoms with Crippen LogP contribution >= 0.6 is 0 Å². The summed E-state index contributed by atoms with van der Waals surface area (Å²) < 4.78 is 21.6. The smallest absolute Gasteiger partial charge is 0.240 e. The maximum absolute atomic E-state index is 11.8. The molecule has 1 rings (SSSR count). The number of hydrogen-bond donors (Lipinski definition) is 2. The highest BCUT2D eigenvalue weighted by Gasteiger charge is 2.38. The SMILES string of the molecule is CC(C)(C(=O)NCC1CCC(N)C1)S(C)(=O)=O. The molecule has 2 unspecified atom stereocenters. The van der Waals surface area contributed by atoms with Crippen LogP contribution in [-0.2, 0) is 14.6 Å². The molecule has 1 amide bonds. The Kier molecular flexibility index (Phi) is 4.19. The Morgan fingerprint density at radius 3 is 2.41 bits per heavy atom. The maximum atomic E-state index is 11.8. The first-order valence-electron chi connectivity index (χ1n) is 5.88. The molecule has 1 aliphatic rings. The van der Waals surface area contributed by atoms with Crippen molar-refractivity contribution in [3.05, 3.63) is 0 Å². The van der Waals surface area contributed by atoms with E-state index in [-0.39, 0.29) is 6.04 Å². The average Bonchev–Trinajstić information content (AvgIpc) is 2.58. The first-order chi connectivity index (χ1) is 7.64. The highest BCUT2D eigenvalue weighted by atomic mass is 32.2. The van der Waals surface area contributed by atoms with Gasteiger partial charge in [-0.15, -0.1) is 0 Å². The van der Waals surface area contributed by atoms with Gasteiger partial charge in [0.05, 0.1) is 0 Å². The van der Waals surface area contributed by atoms with Gasteiger partial charge < -0.3 is 11.1 Å². The van der Waals surface area contributed by atoms with Crippen LogP contribution in [0.5, 0.6) is 0 Å². The van der Waals surface area contributed by atoms with E-state index in [9.17, 15) is 13.2 Å². The van der Waals surface area contributed by atoms with Gasteiger partial charge in [0.1, 0.15) is 4.75 Å². The predicted octanol–water partition coefficient (Wildman–Crippen LogP) is 0.0532. The second kappa shape index (κ2) is 4.94. The molecule has 2 atom stereocenters. The van der Waals surface area contributed by atoms with Crippen LogP contribution in [0.3, 0.4) is 0 Å². The van der Waals surface area contributed by atoms with Crippen LogP contribution in [0.25, 0.3) is 0 Å². The van der Waals surface area contributed by atoms with Gasteiger partial charge in [0, 0.05) is 18.8 Å². The zero-order valence-corrected chi connectivity index (χ0v) is 11.5. The lowest BCUT2D eigenvalue weighted by atomic mass is 10.1. The summed E-state index contributed by atoms with van der Waals surface area (Å²) in [4.78, 5) is 11.8. The number of hydrogen-bond acceptors (Lipinski definition) is 4. The zero-order chi connectivity index (χ0) is 13.3. The Morgan fingerprint density at radius 2 is 2.00 bits per heavy atom. The van der Waals surface area contributed by atoms with Crippen LogP contribution in [0.15, 0.2) is 0 Å². The summed E-state index contributed by atoms with van der Waals surface area (Å²) in [6.45, 7) is 3.38. The monoisotopic (exact) mass is 262 g/mol. The average molecular weight is 262 g/mol. The molecule has 1 aliphatic carbocycles. The Balaban J connectivity index is 2.50. The van der Waals surface area contributed by atoms with Crippen LogP contribution in [0.2, 0.25) is 0 Å².